The lowest BCUT2D eigenvalue weighted by atomic mass is 9.95. The van der Waals surface area contributed by atoms with Crippen molar-refractivity contribution in [2.75, 3.05) is 26.2 Å². The van der Waals surface area contributed by atoms with Gasteiger partial charge in [0.25, 0.3) is 0 Å². The standard InChI is InChI=1S/C18H26N2O2/c21-17-8-11-20(12-9-17)18(22)16-7-4-10-19(14-16)13-15-5-2-1-3-6-15/h1-3,5-6,16-17,21H,4,7-14H2. The number of nitrogens with zero attached hydrogens (tertiary/aromatic N) is 2. The summed E-state index contributed by atoms with van der Waals surface area (Å²) in [6.45, 7) is 4.32. The SMILES string of the molecule is O=C(C1CCCN(Cc2ccccc2)C1)N1CCC(O)CC1. The number of carbonyl (C=O) groups is 1. The van der Waals surface area contributed by atoms with Gasteiger partial charge in [0.2, 0.25) is 5.91 Å². The van der Waals surface area contributed by atoms with Crippen molar-refractivity contribution in [2.24, 2.45) is 5.92 Å². The van der Waals surface area contributed by atoms with Crippen molar-refractivity contribution in [3.8, 4) is 0 Å². The lowest BCUT2D eigenvalue weighted by molar-refractivity contribution is -0.139. The maximum Gasteiger partial charge on any atom is 0.226 e. The molecule has 0 bridgehead atoms. The highest BCUT2D eigenvalue weighted by Gasteiger charge is 2.31. The fourth-order valence-electron chi connectivity index (χ4n) is 3.59. The fraction of sp³-hybridized carbons (Fsp3) is 0.611. The maximum atomic E-state index is 12.7. The van der Waals surface area contributed by atoms with Crippen LogP contribution < -0.4 is 0 Å². The zero-order valence-electron chi connectivity index (χ0n) is 13.2. The predicted octanol–water partition coefficient (Wildman–Crippen LogP) is 1.88. The summed E-state index contributed by atoms with van der Waals surface area (Å²) in [5.74, 6) is 0.428. The van der Waals surface area contributed by atoms with E-state index in [1.807, 2.05) is 11.0 Å². The minimum Gasteiger partial charge on any atom is -0.393 e. The van der Waals surface area contributed by atoms with E-state index in [1.54, 1.807) is 0 Å². The van der Waals surface area contributed by atoms with Crippen molar-refractivity contribution in [3.63, 3.8) is 0 Å². The monoisotopic (exact) mass is 302 g/mol. The van der Waals surface area contributed by atoms with E-state index in [-0.39, 0.29) is 12.0 Å². The Balaban J connectivity index is 1.55. The number of aliphatic hydroxyl groups excluding tert-OH is 1. The first-order valence-electron chi connectivity index (χ1n) is 8.45. The number of amides is 1. The average molecular weight is 302 g/mol. The fourth-order valence-corrected chi connectivity index (χ4v) is 3.59. The number of benzene rings is 1. The van der Waals surface area contributed by atoms with Crippen LogP contribution in [0.25, 0.3) is 0 Å². The molecule has 2 heterocycles. The van der Waals surface area contributed by atoms with Crippen LogP contribution in [0.15, 0.2) is 30.3 Å². The molecule has 2 saturated heterocycles. The number of rotatable bonds is 3. The molecule has 1 N–H and O–H groups in total. The van der Waals surface area contributed by atoms with Gasteiger partial charge in [-0.05, 0) is 37.8 Å². The molecule has 4 heteroatoms. The molecule has 0 radical (unpaired) electrons. The molecule has 2 fully saturated rings. The van der Waals surface area contributed by atoms with Gasteiger partial charge < -0.3 is 10.0 Å². The first-order chi connectivity index (χ1) is 10.7. The van der Waals surface area contributed by atoms with Gasteiger partial charge in [-0.2, -0.15) is 0 Å². The number of aliphatic hydroxyl groups is 1. The molecule has 1 unspecified atom stereocenters. The van der Waals surface area contributed by atoms with E-state index >= 15 is 0 Å². The third kappa shape index (κ3) is 3.87. The van der Waals surface area contributed by atoms with E-state index in [1.165, 1.54) is 5.56 Å². The summed E-state index contributed by atoms with van der Waals surface area (Å²) < 4.78 is 0. The first-order valence-corrected chi connectivity index (χ1v) is 8.45. The summed E-state index contributed by atoms with van der Waals surface area (Å²) in [5, 5.41) is 9.58. The van der Waals surface area contributed by atoms with Crippen LogP contribution >= 0.6 is 0 Å². The molecule has 22 heavy (non-hydrogen) atoms. The predicted molar refractivity (Wildman–Crippen MR) is 86.3 cm³/mol. The molecule has 4 nitrogen and oxygen atoms in total. The Hall–Kier alpha value is -1.39. The molecule has 0 aromatic heterocycles. The lowest BCUT2D eigenvalue weighted by Crippen LogP contribution is -2.47. The third-order valence-corrected chi connectivity index (χ3v) is 4.88. The van der Waals surface area contributed by atoms with E-state index in [0.29, 0.717) is 5.91 Å². The molecule has 1 aromatic rings. The van der Waals surface area contributed by atoms with E-state index in [9.17, 15) is 9.90 Å². The van der Waals surface area contributed by atoms with Gasteiger partial charge in [-0.15, -0.1) is 0 Å². The molecule has 1 atom stereocenters. The van der Waals surface area contributed by atoms with Crippen molar-refractivity contribution in [3.05, 3.63) is 35.9 Å². The lowest BCUT2D eigenvalue weighted by Gasteiger charge is -2.37. The van der Waals surface area contributed by atoms with Crippen LogP contribution in [0.4, 0.5) is 0 Å². The summed E-state index contributed by atoms with van der Waals surface area (Å²) in [7, 11) is 0. The molecular formula is C18H26N2O2. The summed E-state index contributed by atoms with van der Waals surface area (Å²) in [5.41, 5.74) is 1.32. The average Bonchev–Trinajstić information content (AvgIpc) is 2.56. The Morgan fingerprint density at radius 3 is 2.55 bits per heavy atom. The first kappa shape index (κ1) is 15.5. The molecule has 3 rings (SSSR count). The van der Waals surface area contributed by atoms with Gasteiger partial charge in [-0.25, -0.2) is 0 Å². The highest BCUT2D eigenvalue weighted by molar-refractivity contribution is 5.79. The number of hydrogen-bond acceptors (Lipinski definition) is 3. The van der Waals surface area contributed by atoms with E-state index in [4.69, 9.17) is 0 Å². The van der Waals surface area contributed by atoms with E-state index < -0.39 is 0 Å². The second kappa shape index (κ2) is 7.25. The summed E-state index contributed by atoms with van der Waals surface area (Å²) in [4.78, 5) is 17.0. The van der Waals surface area contributed by atoms with Crippen LogP contribution in [-0.2, 0) is 11.3 Å². The van der Waals surface area contributed by atoms with Crippen LogP contribution in [0.3, 0.4) is 0 Å². The number of piperidine rings is 2. The zero-order valence-corrected chi connectivity index (χ0v) is 13.2. The smallest absolute Gasteiger partial charge is 0.226 e. The molecule has 1 amide bonds. The molecule has 2 aliphatic heterocycles. The molecule has 2 aliphatic rings. The van der Waals surface area contributed by atoms with Crippen LogP contribution in [-0.4, -0.2) is 53.1 Å². The zero-order chi connectivity index (χ0) is 15.4. The van der Waals surface area contributed by atoms with Crippen molar-refractivity contribution in [2.45, 2.75) is 38.3 Å². The van der Waals surface area contributed by atoms with Crippen molar-refractivity contribution in [1.29, 1.82) is 0 Å². The molecule has 1 aromatic carbocycles. The Kier molecular flexibility index (Phi) is 5.11. The topological polar surface area (TPSA) is 43.8 Å². The minimum absolute atomic E-state index is 0.132. The molecule has 0 aliphatic carbocycles. The van der Waals surface area contributed by atoms with Crippen LogP contribution in [0.5, 0.6) is 0 Å². The summed E-state index contributed by atoms with van der Waals surface area (Å²) in [6.07, 6.45) is 3.34. The van der Waals surface area contributed by atoms with Gasteiger partial charge in [0.05, 0.1) is 12.0 Å². The molecule has 120 valence electrons. The number of hydrogen-bond donors (Lipinski definition) is 1. The van der Waals surface area contributed by atoms with Crippen molar-refractivity contribution >= 4 is 5.91 Å². The van der Waals surface area contributed by atoms with Crippen molar-refractivity contribution < 1.29 is 9.90 Å². The van der Waals surface area contributed by atoms with Crippen LogP contribution in [0.2, 0.25) is 0 Å². The van der Waals surface area contributed by atoms with Gasteiger partial charge in [0, 0.05) is 26.2 Å². The van der Waals surface area contributed by atoms with Gasteiger partial charge in [0.1, 0.15) is 0 Å². The molecule has 0 spiro atoms. The second-order valence-corrected chi connectivity index (χ2v) is 6.62. The Bertz CT molecular complexity index is 483. The quantitative estimate of drug-likeness (QED) is 0.927. The highest BCUT2D eigenvalue weighted by atomic mass is 16.3. The van der Waals surface area contributed by atoms with E-state index in [2.05, 4.69) is 29.2 Å². The summed E-state index contributed by atoms with van der Waals surface area (Å²) in [6, 6.07) is 10.5. The van der Waals surface area contributed by atoms with Crippen molar-refractivity contribution in [1.82, 2.24) is 9.80 Å². The highest BCUT2D eigenvalue weighted by Crippen LogP contribution is 2.22. The number of likely N-dealkylation sites (tertiary alicyclic amines) is 2. The summed E-state index contributed by atoms with van der Waals surface area (Å²) >= 11 is 0. The number of carbonyl (C=O) groups excluding carboxylic acids is 1. The minimum atomic E-state index is -0.218. The molecular weight excluding hydrogens is 276 g/mol. The van der Waals surface area contributed by atoms with E-state index in [0.717, 1.165) is 58.4 Å². The molecule has 0 saturated carbocycles. The van der Waals surface area contributed by atoms with Crippen LogP contribution in [0.1, 0.15) is 31.2 Å². The van der Waals surface area contributed by atoms with Gasteiger partial charge in [-0.1, -0.05) is 30.3 Å². The van der Waals surface area contributed by atoms with Gasteiger partial charge >= 0.3 is 0 Å². The Labute approximate surface area is 132 Å². The Morgan fingerprint density at radius 1 is 1.09 bits per heavy atom. The largest absolute Gasteiger partial charge is 0.393 e. The van der Waals surface area contributed by atoms with Gasteiger partial charge in [0.15, 0.2) is 0 Å². The second-order valence-electron chi connectivity index (χ2n) is 6.62. The third-order valence-electron chi connectivity index (χ3n) is 4.88. The maximum absolute atomic E-state index is 12.7. The van der Waals surface area contributed by atoms with Crippen LogP contribution in [0, 0.1) is 5.92 Å². The van der Waals surface area contributed by atoms with Gasteiger partial charge in [-0.3, -0.25) is 9.69 Å². The Morgan fingerprint density at radius 2 is 1.82 bits per heavy atom. The normalized spacial score (nSPS) is 24.4.